The molecule has 3 fully saturated rings. The number of benzene rings is 2. The minimum absolute atomic E-state index is 0.0633. The molecule has 4 N–H and O–H groups in total. The van der Waals surface area contributed by atoms with Crippen molar-refractivity contribution in [3.8, 4) is 17.0 Å². The van der Waals surface area contributed by atoms with Crippen LogP contribution in [0.2, 0.25) is 0 Å². The number of carbonyl (C=O) groups is 3. The van der Waals surface area contributed by atoms with Crippen molar-refractivity contribution in [3.05, 3.63) is 84.1 Å². The molecule has 308 valence electrons. The molecule has 2 aromatic carbocycles. The van der Waals surface area contributed by atoms with Crippen molar-refractivity contribution >= 4 is 18.1 Å². The quantitative estimate of drug-likeness (QED) is 0.152. The van der Waals surface area contributed by atoms with Crippen LogP contribution in [-0.2, 0) is 41.4 Å². The summed E-state index contributed by atoms with van der Waals surface area (Å²) in [5.41, 5.74) is 5.62. The van der Waals surface area contributed by atoms with Crippen molar-refractivity contribution in [2.45, 2.75) is 77.2 Å². The third-order valence-corrected chi connectivity index (χ3v) is 10.4. The largest absolute Gasteiger partial charge is 0.493 e. The maximum absolute atomic E-state index is 13.9. The van der Waals surface area contributed by atoms with Gasteiger partial charge in [0.05, 0.1) is 57.3 Å². The number of pyridine rings is 1. The minimum atomic E-state index is -1.21. The van der Waals surface area contributed by atoms with E-state index >= 15 is 0 Å². The summed E-state index contributed by atoms with van der Waals surface area (Å²) in [6.07, 6.45) is 0.0950. The van der Waals surface area contributed by atoms with Gasteiger partial charge in [0.25, 0.3) is 5.91 Å². The Balaban J connectivity index is 1.21. The molecule has 0 bridgehead atoms. The lowest BCUT2D eigenvalue weighted by molar-refractivity contribution is -0.131. The summed E-state index contributed by atoms with van der Waals surface area (Å²) in [6, 6.07) is 19.1. The summed E-state index contributed by atoms with van der Waals surface area (Å²) in [5, 5.41) is 19.1. The number of aromatic nitrogens is 1. The van der Waals surface area contributed by atoms with Crippen LogP contribution in [0.25, 0.3) is 11.3 Å². The summed E-state index contributed by atoms with van der Waals surface area (Å²) in [6.45, 7) is 8.29. The van der Waals surface area contributed by atoms with E-state index < -0.39 is 54.1 Å². The van der Waals surface area contributed by atoms with Gasteiger partial charge in [-0.25, -0.2) is 14.6 Å². The maximum atomic E-state index is 13.9. The average molecular weight is 790 g/mol. The number of hydrazine groups is 1. The number of methoxy groups -OCH3 is 1. The van der Waals surface area contributed by atoms with Crippen LogP contribution in [0.4, 0.5) is 9.59 Å². The smallest absolute Gasteiger partial charge is 0.407 e. The molecule has 0 radical (unpaired) electrons. The topological polar surface area (TPSA) is 179 Å². The zero-order valence-corrected chi connectivity index (χ0v) is 33.1. The highest BCUT2D eigenvalue weighted by atomic mass is 16.7. The van der Waals surface area contributed by atoms with E-state index in [1.165, 1.54) is 7.11 Å². The highest BCUT2D eigenvalue weighted by Crippen LogP contribution is 2.33. The first kappa shape index (κ1) is 41.8. The Morgan fingerprint density at radius 1 is 0.930 bits per heavy atom. The summed E-state index contributed by atoms with van der Waals surface area (Å²) in [4.78, 5) is 44.1. The molecule has 3 aliphatic heterocycles. The molecule has 15 heteroatoms. The Kier molecular flexibility index (Phi) is 14.4. The Morgan fingerprint density at radius 3 is 2.39 bits per heavy atom. The highest BCUT2D eigenvalue weighted by Gasteiger charge is 2.44. The van der Waals surface area contributed by atoms with E-state index in [0.29, 0.717) is 31.5 Å². The molecule has 15 nitrogen and oxygen atoms in total. The molecule has 3 aliphatic rings. The molecule has 3 amide bonds. The summed E-state index contributed by atoms with van der Waals surface area (Å²) < 4.78 is 33.4. The Labute approximate surface area is 333 Å². The highest BCUT2D eigenvalue weighted by molar-refractivity contribution is 5.86. The normalized spacial score (nSPS) is 21.9. The van der Waals surface area contributed by atoms with Crippen LogP contribution < -0.4 is 20.8 Å². The number of hydrogen-bond donors (Lipinski definition) is 4. The van der Waals surface area contributed by atoms with Gasteiger partial charge in [-0.05, 0) is 60.1 Å². The lowest BCUT2D eigenvalue weighted by atomic mass is 9.86. The van der Waals surface area contributed by atoms with Crippen molar-refractivity contribution in [2.24, 2.45) is 17.3 Å². The lowest BCUT2D eigenvalue weighted by Crippen LogP contribution is -2.59. The zero-order chi connectivity index (χ0) is 40.4. The molecule has 6 unspecified atom stereocenters. The molecule has 7 atom stereocenters. The number of aliphatic hydroxyl groups excluding tert-OH is 1. The number of nitrogens with one attached hydrogen (secondary N) is 3. The first-order chi connectivity index (χ1) is 27.4. The van der Waals surface area contributed by atoms with Crippen molar-refractivity contribution in [2.75, 3.05) is 46.7 Å². The average Bonchev–Trinajstić information content (AvgIpc) is 3.98. The molecule has 0 aliphatic carbocycles. The second-order valence-corrected chi connectivity index (χ2v) is 15.9. The van der Waals surface area contributed by atoms with Gasteiger partial charge in [0.1, 0.15) is 17.9 Å². The number of carbonyl (C=O) groups excluding carboxylic acids is 3. The number of rotatable bonds is 16. The Hall–Kier alpha value is -4.80. The minimum Gasteiger partial charge on any atom is -0.493 e. The first-order valence-corrected chi connectivity index (χ1v) is 19.5. The van der Waals surface area contributed by atoms with Crippen LogP contribution in [0.3, 0.4) is 0 Å². The van der Waals surface area contributed by atoms with E-state index in [-0.39, 0.29) is 32.0 Å². The third-order valence-electron chi connectivity index (χ3n) is 10.4. The van der Waals surface area contributed by atoms with E-state index in [0.717, 1.165) is 41.8 Å². The summed E-state index contributed by atoms with van der Waals surface area (Å²) >= 11 is 0. The monoisotopic (exact) mass is 789 g/mol. The van der Waals surface area contributed by atoms with Crippen LogP contribution in [0.1, 0.15) is 44.7 Å². The fourth-order valence-corrected chi connectivity index (χ4v) is 7.17. The number of aliphatic hydroxyl groups is 1. The number of amides is 3. The van der Waals surface area contributed by atoms with E-state index in [1.54, 1.807) is 11.2 Å². The molecular formula is C42H55N5O10. The fourth-order valence-electron chi connectivity index (χ4n) is 7.17. The van der Waals surface area contributed by atoms with Gasteiger partial charge in [0, 0.05) is 37.4 Å². The molecular weight excluding hydrogens is 734 g/mol. The van der Waals surface area contributed by atoms with E-state index in [9.17, 15) is 19.5 Å². The molecule has 0 spiro atoms. The Bertz CT molecular complexity index is 1750. The predicted molar refractivity (Wildman–Crippen MR) is 209 cm³/mol. The van der Waals surface area contributed by atoms with Gasteiger partial charge in [-0.2, -0.15) is 0 Å². The third kappa shape index (κ3) is 11.9. The Morgan fingerprint density at radius 2 is 1.70 bits per heavy atom. The van der Waals surface area contributed by atoms with Crippen molar-refractivity contribution in [1.82, 2.24) is 26.1 Å². The van der Waals surface area contributed by atoms with Gasteiger partial charge in [-0.3, -0.25) is 15.2 Å². The second kappa shape index (κ2) is 19.6. The molecule has 4 heterocycles. The SMILES string of the molecule is COC(=O)NC(C(=O)NN(Cc1ccc(-c2ccccn2)cc1)C[C@H](O)C(Cc1ccc(OCC2CCOC2)cc1)NC(=O)OC1COC2OCCC12)C(C)(C)C. The van der Waals surface area contributed by atoms with Crippen molar-refractivity contribution in [1.29, 1.82) is 0 Å². The zero-order valence-electron chi connectivity index (χ0n) is 33.1. The second-order valence-electron chi connectivity index (χ2n) is 15.9. The molecule has 3 saturated heterocycles. The number of alkyl carbamates (subject to hydrolysis) is 2. The van der Waals surface area contributed by atoms with Crippen LogP contribution in [0.5, 0.6) is 5.75 Å². The van der Waals surface area contributed by atoms with Crippen molar-refractivity contribution in [3.63, 3.8) is 0 Å². The maximum Gasteiger partial charge on any atom is 0.407 e. The van der Waals surface area contributed by atoms with Crippen LogP contribution >= 0.6 is 0 Å². The van der Waals surface area contributed by atoms with Gasteiger partial charge in [0.15, 0.2) is 6.29 Å². The van der Waals surface area contributed by atoms with E-state index in [1.807, 2.05) is 87.5 Å². The summed E-state index contributed by atoms with van der Waals surface area (Å²) in [5.74, 6) is 0.490. The molecule has 57 heavy (non-hydrogen) atoms. The van der Waals surface area contributed by atoms with Gasteiger partial charge < -0.3 is 44.2 Å². The molecule has 6 rings (SSSR count). The lowest BCUT2D eigenvalue weighted by Gasteiger charge is -2.34. The first-order valence-electron chi connectivity index (χ1n) is 19.5. The number of nitrogens with zero attached hydrogens (tertiary/aromatic N) is 2. The van der Waals surface area contributed by atoms with Gasteiger partial charge in [0.2, 0.25) is 0 Å². The molecule has 3 aromatic rings. The van der Waals surface area contributed by atoms with Crippen LogP contribution in [0.15, 0.2) is 72.9 Å². The van der Waals surface area contributed by atoms with E-state index in [4.69, 9.17) is 28.4 Å². The molecule has 0 saturated carbocycles. The van der Waals surface area contributed by atoms with E-state index in [2.05, 4.69) is 21.0 Å². The van der Waals surface area contributed by atoms with Gasteiger partial charge >= 0.3 is 12.2 Å². The fraction of sp³-hybridized carbons (Fsp3) is 0.524. The number of hydrogen-bond acceptors (Lipinski definition) is 12. The van der Waals surface area contributed by atoms with Crippen LogP contribution in [0, 0.1) is 17.3 Å². The molecule has 1 aromatic heterocycles. The van der Waals surface area contributed by atoms with Gasteiger partial charge in [-0.1, -0.05) is 63.2 Å². The predicted octanol–water partition coefficient (Wildman–Crippen LogP) is 4.23. The number of fused-ring (bicyclic) bond motifs is 1. The summed E-state index contributed by atoms with van der Waals surface area (Å²) in [7, 11) is 1.23. The number of ether oxygens (including phenoxy) is 6. The standard InChI is InChI=1S/C42H55N5O10/c1-42(2,3)37(45-40(50)52-4)38(49)46-47(22-28-8-12-30(13-9-28)33-7-5-6-18-43-33)23-35(48)34(44-41(51)57-36-26-56-39-32(36)17-20-54-39)21-27-10-14-31(15-11-27)55-25-29-16-19-53-24-29/h5-15,18,29,32,34-37,39,48H,16-17,19-26H2,1-4H3,(H,44,51)(H,45,50)(H,46,49)/t29?,32?,34?,35-,36?,37?,39?/m0/s1. The van der Waals surface area contributed by atoms with Gasteiger partial charge in [-0.15, -0.1) is 0 Å². The van der Waals surface area contributed by atoms with Crippen molar-refractivity contribution < 1.29 is 47.9 Å². The van der Waals surface area contributed by atoms with Crippen LogP contribution in [-0.4, -0.2) is 110 Å².